The summed E-state index contributed by atoms with van der Waals surface area (Å²) in [5, 5.41) is 0. The second kappa shape index (κ2) is 9.04. The van der Waals surface area contributed by atoms with Crippen LogP contribution < -0.4 is 14.2 Å². The minimum atomic E-state index is -3.95. The molecule has 2 atom stereocenters. The van der Waals surface area contributed by atoms with E-state index in [0.717, 1.165) is 5.56 Å². The van der Waals surface area contributed by atoms with Gasteiger partial charge in [0.2, 0.25) is 5.75 Å². The molecule has 0 spiro atoms. The lowest BCUT2D eigenvalue weighted by molar-refractivity contribution is -0.148. The average molecular weight is 453 g/mol. The van der Waals surface area contributed by atoms with Crippen LogP contribution in [-0.4, -0.2) is 48.2 Å². The molecule has 0 amide bonds. The monoisotopic (exact) mass is 452 g/mol. The summed E-state index contributed by atoms with van der Waals surface area (Å²) in [6, 6.07) is 9.95. The highest BCUT2D eigenvalue weighted by Crippen LogP contribution is 2.45. The van der Waals surface area contributed by atoms with Gasteiger partial charge in [-0.2, -0.15) is 8.42 Å². The van der Waals surface area contributed by atoms with Crippen LogP contribution in [0.5, 0.6) is 17.2 Å². The van der Waals surface area contributed by atoms with Crippen molar-refractivity contribution in [2.45, 2.75) is 43.7 Å². The molecule has 1 aliphatic rings. The number of benzene rings is 2. The molecule has 1 heterocycles. The van der Waals surface area contributed by atoms with Crippen molar-refractivity contribution in [1.82, 2.24) is 0 Å². The zero-order valence-electron chi connectivity index (χ0n) is 18.5. The predicted molar refractivity (Wildman–Crippen MR) is 113 cm³/mol. The topological polar surface area (TPSA) is 89.5 Å². The molecule has 2 aromatic rings. The second-order valence-corrected chi connectivity index (χ2v) is 9.22. The Labute approximate surface area is 183 Å². The molecular formula is C22H28O8S. The smallest absolute Gasteiger partial charge is 0.297 e. The zero-order chi connectivity index (χ0) is 22.8. The molecule has 31 heavy (non-hydrogen) atoms. The fraction of sp³-hybridized carbons (Fsp3) is 0.455. The third-order valence-corrected chi connectivity index (χ3v) is 6.19. The third kappa shape index (κ3) is 5.12. The van der Waals surface area contributed by atoms with E-state index in [9.17, 15) is 8.42 Å². The largest absolute Gasteiger partial charge is 0.493 e. The lowest BCUT2D eigenvalue weighted by Gasteiger charge is -2.20. The van der Waals surface area contributed by atoms with Gasteiger partial charge in [-0.1, -0.05) is 17.7 Å². The van der Waals surface area contributed by atoms with Crippen molar-refractivity contribution in [1.29, 1.82) is 0 Å². The Kier molecular flexibility index (Phi) is 6.80. The van der Waals surface area contributed by atoms with Crippen LogP contribution in [0.25, 0.3) is 0 Å². The van der Waals surface area contributed by atoms with Gasteiger partial charge in [-0.25, -0.2) is 0 Å². The number of aryl methyl sites for hydroxylation is 1. The molecule has 1 aliphatic heterocycles. The first kappa shape index (κ1) is 23.3. The number of rotatable bonds is 8. The number of ether oxygens (including phenoxy) is 5. The van der Waals surface area contributed by atoms with Gasteiger partial charge in [0.25, 0.3) is 10.1 Å². The van der Waals surface area contributed by atoms with E-state index in [2.05, 4.69) is 0 Å². The van der Waals surface area contributed by atoms with Crippen molar-refractivity contribution in [2.75, 3.05) is 27.9 Å². The minimum absolute atomic E-state index is 0.0839. The van der Waals surface area contributed by atoms with Crippen molar-refractivity contribution in [2.24, 2.45) is 0 Å². The zero-order valence-corrected chi connectivity index (χ0v) is 19.3. The van der Waals surface area contributed by atoms with Crippen LogP contribution in [0, 0.1) is 6.92 Å². The van der Waals surface area contributed by atoms with Crippen LogP contribution in [0.3, 0.4) is 0 Å². The van der Waals surface area contributed by atoms with Crippen LogP contribution in [-0.2, 0) is 23.8 Å². The molecule has 3 rings (SSSR count). The Morgan fingerprint density at radius 3 is 2.03 bits per heavy atom. The SMILES string of the molecule is COc1cc(C2OC(C)(C)OC2COS(=O)(=O)c2ccc(C)cc2)cc(OC)c1OC. The first-order chi connectivity index (χ1) is 14.6. The first-order valence-corrected chi connectivity index (χ1v) is 11.1. The molecule has 8 nitrogen and oxygen atoms in total. The van der Waals surface area contributed by atoms with E-state index in [1.165, 1.54) is 33.5 Å². The van der Waals surface area contributed by atoms with Gasteiger partial charge in [-0.15, -0.1) is 0 Å². The van der Waals surface area contributed by atoms with E-state index in [1.54, 1.807) is 38.1 Å². The van der Waals surface area contributed by atoms with Gasteiger partial charge in [0.1, 0.15) is 12.2 Å². The molecule has 0 aliphatic carbocycles. The molecule has 0 aromatic heterocycles. The molecule has 0 radical (unpaired) electrons. The highest BCUT2D eigenvalue weighted by atomic mass is 32.2. The summed E-state index contributed by atoms with van der Waals surface area (Å²) in [5.74, 6) is 0.420. The summed E-state index contributed by atoms with van der Waals surface area (Å²) in [6.07, 6.45) is -1.30. The molecule has 0 bridgehead atoms. The summed E-state index contributed by atoms with van der Waals surface area (Å²) in [5.41, 5.74) is 1.64. The second-order valence-electron chi connectivity index (χ2n) is 7.60. The molecule has 170 valence electrons. The van der Waals surface area contributed by atoms with Crippen LogP contribution in [0.4, 0.5) is 0 Å². The normalized spacial score (nSPS) is 20.5. The van der Waals surface area contributed by atoms with Crippen molar-refractivity contribution < 1.29 is 36.3 Å². The summed E-state index contributed by atoms with van der Waals surface area (Å²) in [4.78, 5) is 0.0839. The number of methoxy groups -OCH3 is 3. The highest BCUT2D eigenvalue weighted by molar-refractivity contribution is 7.86. The van der Waals surface area contributed by atoms with Gasteiger partial charge in [0.05, 0.1) is 32.8 Å². The summed E-state index contributed by atoms with van der Waals surface area (Å²) >= 11 is 0. The van der Waals surface area contributed by atoms with Crippen molar-refractivity contribution in [3.63, 3.8) is 0 Å². The van der Waals surface area contributed by atoms with Crippen LogP contribution >= 0.6 is 0 Å². The summed E-state index contributed by atoms with van der Waals surface area (Å²) < 4.78 is 58.8. The van der Waals surface area contributed by atoms with Crippen molar-refractivity contribution in [3.05, 3.63) is 47.5 Å². The number of hydrogen-bond donors (Lipinski definition) is 0. The van der Waals surface area contributed by atoms with E-state index in [0.29, 0.717) is 22.8 Å². The third-order valence-electron chi connectivity index (χ3n) is 4.90. The predicted octanol–water partition coefficient (Wildman–Crippen LogP) is 3.62. The molecule has 2 aromatic carbocycles. The number of hydrogen-bond acceptors (Lipinski definition) is 8. The Balaban J connectivity index is 1.87. The molecular weight excluding hydrogens is 424 g/mol. The summed E-state index contributed by atoms with van der Waals surface area (Å²) in [7, 11) is 0.609. The Hall–Kier alpha value is -2.33. The van der Waals surface area contributed by atoms with E-state index < -0.39 is 28.1 Å². The van der Waals surface area contributed by atoms with Crippen molar-refractivity contribution in [3.8, 4) is 17.2 Å². The lowest BCUT2D eigenvalue weighted by atomic mass is 10.0. The van der Waals surface area contributed by atoms with Crippen LogP contribution in [0.15, 0.2) is 41.3 Å². The molecule has 1 saturated heterocycles. The van der Waals surface area contributed by atoms with Gasteiger partial charge in [0.15, 0.2) is 17.3 Å². The summed E-state index contributed by atoms with van der Waals surface area (Å²) in [6.45, 7) is 5.17. The van der Waals surface area contributed by atoms with E-state index >= 15 is 0 Å². The average Bonchev–Trinajstić information content (AvgIpc) is 3.06. The van der Waals surface area contributed by atoms with Crippen LogP contribution in [0.2, 0.25) is 0 Å². The van der Waals surface area contributed by atoms with Gasteiger partial charge in [-0.3, -0.25) is 4.18 Å². The van der Waals surface area contributed by atoms with E-state index in [-0.39, 0.29) is 11.5 Å². The molecule has 2 unspecified atom stereocenters. The standard InChI is InChI=1S/C22H28O8S/c1-14-7-9-16(10-8-14)31(23,24)28-13-19-20(30-22(2,3)29-19)15-11-17(25-4)21(27-6)18(12-15)26-5/h7-12,19-20H,13H2,1-6H3. The Bertz CT molecular complexity index is 989. The van der Waals surface area contributed by atoms with Gasteiger partial charge < -0.3 is 23.7 Å². The van der Waals surface area contributed by atoms with E-state index in [1.807, 2.05) is 6.92 Å². The van der Waals surface area contributed by atoms with Crippen LogP contribution in [0.1, 0.15) is 31.1 Å². The lowest BCUT2D eigenvalue weighted by Crippen LogP contribution is -2.26. The van der Waals surface area contributed by atoms with E-state index in [4.69, 9.17) is 27.9 Å². The molecule has 1 fully saturated rings. The first-order valence-electron chi connectivity index (χ1n) is 9.72. The Morgan fingerprint density at radius 1 is 0.935 bits per heavy atom. The maximum atomic E-state index is 12.6. The molecule has 0 saturated carbocycles. The fourth-order valence-electron chi connectivity index (χ4n) is 3.44. The quantitative estimate of drug-likeness (QED) is 0.561. The molecule has 0 N–H and O–H groups in total. The van der Waals surface area contributed by atoms with Crippen molar-refractivity contribution >= 4 is 10.1 Å². The van der Waals surface area contributed by atoms with Gasteiger partial charge in [-0.05, 0) is 50.6 Å². The van der Waals surface area contributed by atoms with Gasteiger partial charge in [0, 0.05) is 0 Å². The maximum Gasteiger partial charge on any atom is 0.297 e. The maximum absolute atomic E-state index is 12.6. The highest BCUT2D eigenvalue weighted by Gasteiger charge is 2.43. The molecule has 9 heteroatoms. The Morgan fingerprint density at radius 2 is 1.52 bits per heavy atom. The minimum Gasteiger partial charge on any atom is -0.493 e. The fourth-order valence-corrected chi connectivity index (χ4v) is 4.35. The van der Waals surface area contributed by atoms with Gasteiger partial charge >= 0.3 is 0 Å².